The summed E-state index contributed by atoms with van der Waals surface area (Å²) in [6, 6.07) is 9.00. The second-order valence-electron chi connectivity index (χ2n) is 5.65. The molecule has 1 aromatic heterocycles. The number of rotatable bonds is 5. The fourth-order valence-electron chi connectivity index (χ4n) is 2.76. The molecule has 1 aliphatic heterocycles. The Kier molecular flexibility index (Phi) is 4.27. The van der Waals surface area contributed by atoms with Crippen molar-refractivity contribution in [1.82, 2.24) is 10.2 Å². The maximum Gasteiger partial charge on any atom is 0.302 e. The summed E-state index contributed by atoms with van der Waals surface area (Å²) in [7, 11) is -3.02. The van der Waals surface area contributed by atoms with Gasteiger partial charge in [0.05, 0.1) is 18.6 Å². The summed E-state index contributed by atoms with van der Waals surface area (Å²) in [5.41, 5.74) is 1.58. The highest BCUT2D eigenvalue weighted by Gasteiger charge is 2.34. The first kappa shape index (κ1) is 16.4. The van der Waals surface area contributed by atoms with Gasteiger partial charge in [0.2, 0.25) is 5.91 Å². The lowest BCUT2D eigenvalue weighted by molar-refractivity contribution is -0.117. The number of carbonyl (C=O) groups excluding carboxylic acids is 1. The van der Waals surface area contributed by atoms with E-state index in [1.165, 1.54) is 4.90 Å². The minimum Gasteiger partial charge on any atom is -0.497 e. The number of anilines is 1. The first-order chi connectivity index (χ1) is 11.4. The van der Waals surface area contributed by atoms with Crippen molar-refractivity contribution in [3.63, 3.8) is 0 Å². The molecular formula is C15H16FN3O4S. The first-order valence-electron chi connectivity index (χ1n) is 7.28. The lowest BCUT2D eigenvalue weighted by Crippen LogP contribution is -2.25. The van der Waals surface area contributed by atoms with Crippen LogP contribution in [0.25, 0.3) is 11.3 Å². The lowest BCUT2D eigenvalue weighted by Gasteiger charge is -2.12. The van der Waals surface area contributed by atoms with Crippen molar-refractivity contribution in [3.8, 4) is 17.0 Å². The van der Waals surface area contributed by atoms with Crippen LogP contribution in [0.1, 0.15) is 6.42 Å². The third-order valence-electron chi connectivity index (χ3n) is 3.88. The van der Waals surface area contributed by atoms with Crippen LogP contribution in [0, 0.1) is 5.92 Å². The minimum atomic E-state index is -4.60. The molecule has 0 radical (unpaired) electrons. The highest BCUT2D eigenvalue weighted by atomic mass is 32.3. The van der Waals surface area contributed by atoms with Crippen LogP contribution in [-0.2, 0) is 15.0 Å². The zero-order chi connectivity index (χ0) is 17.3. The molecule has 3 rings (SSSR count). The van der Waals surface area contributed by atoms with E-state index >= 15 is 0 Å². The molecule has 9 heteroatoms. The molecule has 0 aliphatic carbocycles. The van der Waals surface area contributed by atoms with Gasteiger partial charge in [-0.1, -0.05) is 0 Å². The number of ether oxygens (including phenoxy) is 1. The van der Waals surface area contributed by atoms with Gasteiger partial charge in [-0.3, -0.25) is 14.8 Å². The highest BCUT2D eigenvalue weighted by molar-refractivity contribution is 7.86. The number of carbonyl (C=O) groups is 1. The van der Waals surface area contributed by atoms with Crippen LogP contribution in [-0.4, -0.2) is 43.9 Å². The number of methoxy groups -OCH3 is 1. The van der Waals surface area contributed by atoms with E-state index in [9.17, 15) is 17.1 Å². The largest absolute Gasteiger partial charge is 0.497 e. The van der Waals surface area contributed by atoms with Gasteiger partial charge in [-0.25, -0.2) is 0 Å². The van der Waals surface area contributed by atoms with E-state index in [1.807, 2.05) is 12.1 Å². The number of halogens is 1. The number of benzene rings is 1. The van der Waals surface area contributed by atoms with Crippen LogP contribution in [0.4, 0.5) is 9.70 Å². The second-order valence-corrected chi connectivity index (χ2v) is 7.06. The zero-order valence-electron chi connectivity index (χ0n) is 12.9. The predicted molar refractivity (Wildman–Crippen MR) is 85.9 cm³/mol. The van der Waals surface area contributed by atoms with E-state index < -0.39 is 21.9 Å². The predicted octanol–water partition coefficient (Wildman–Crippen LogP) is 1.74. The van der Waals surface area contributed by atoms with Gasteiger partial charge in [0.1, 0.15) is 5.75 Å². The van der Waals surface area contributed by atoms with Crippen LogP contribution in [0.15, 0.2) is 30.3 Å². The second kappa shape index (κ2) is 6.23. The molecule has 2 heterocycles. The molecule has 1 amide bonds. The van der Waals surface area contributed by atoms with Crippen molar-refractivity contribution >= 4 is 21.9 Å². The molecular weight excluding hydrogens is 337 g/mol. The van der Waals surface area contributed by atoms with E-state index in [0.717, 1.165) is 11.3 Å². The Morgan fingerprint density at radius 1 is 1.38 bits per heavy atom. The molecule has 1 aromatic carbocycles. The molecule has 0 bridgehead atoms. The topological polar surface area (TPSA) is 92.4 Å². The van der Waals surface area contributed by atoms with Gasteiger partial charge in [0, 0.05) is 24.9 Å². The Morgan fingerprint density at radius 2 is 2.08 bits per heavy atom. The minimum absolute atomic E-state index is 0.00607. The Labute approximate surface area is 138 Å². The molecule has 7 nitrogen and oxygen atoms in total. The maximum atomic E-state index is 12.8. The van der Waals surface area contributed by atoms with Crippen molar-refractivity contribution in [3.05, 3.63) is 30.3 Å². The molecule has 0 saturated carbocycles. The van der Waals surface area contributed by atoms with Gasteiger partial charge in [-0.05, 0) is 29.8 Å². The molecule has 1 atom stereocenters. The monoisotopic (exact) mass is 353 g/mol. The van der Waals surface area contributed by atoms with Crippen LogP contribution >= 0.6 is 0 Å². The summed E-state index contributed by atoms with van der Waals surface area (Å²) in [4.78, 5) is 13.4. The Morgan fingerprint density at radius 3 is 2.71 bits per heavy atom. The molecule has 1 unspecified atom stereocenters. The number of hydrogen-bond donors (Lipinski definition) is 1. The van der Waals surface area contributed by atoms with Gasteiger partial charge in [0.25, 0.3) is 0 Å². The highest BCUT2D eigenvalue weighted by Crippen LogP contribution is 2.28. The van der Waals surface area contributed by atoms with Crippen molar-refractivity contribution in [2.45, 2.75) is 6.42 Å². The third kappa shape index (κ3) is 3.56. The molecule has 1 aliphatic rings. The number of hydrogen-bond acceptors (Lipinski definition) is 5. The third-order valence-corrected chi connectivity index (χ3v) is 4.75. The fourth-order valence-corrected chi connectivity index (χ4v) is 3.55. The van der Waals surface area contributed by atoms with Crippen molar-refractivity contribution < 1.29 is 21.8 Å². The average Bonchev–Trinajstić information content (AvgIpc) is 3.12. The average molecular weight is 353 g/mol. The van der Waals surface area contributed by atoms with E-state index in [2.05, 4.69) is 10.2 Å². The maximum absolute atomic E-state index is 12.8. The molecule has 1 saturated heterocycles. The van der Waals surface area contributed by atoms with Gasteiger partial charge < -0.3 is 4.74 Å². The fraction of sp³-hybridized carbons (Fsp3) is 0.333. The normalized spacial score (nSPS) is 18.2. The first-order valence-corrected chi connectivity index (χ1v) is 8.83. The van der Waals surface area contributed by atoms with Crippen LogP contribution in [0.2, 0.25) is 0 Å². The number of nitrogens with zero attached hydrogens (tertiary/aromatic N) is 2. The van der Waals surface area contributed by atoms with E-state index in [0.29, 0.717) is 11.5 Å². The summed E-state index contributed by atoms with van der Waals surface area (Å²) in [5.74, 6) is -0.358. The van der Waals surface area contributed by atoms with Crippen LogP contribution in [0.3, 0.4) is 0 Å². The van der Waals surface area contributed by atoms with E-state index in [4.69, 9.17) is 4.74 Å². The summed E-state index contributed by atoms with van der Waals surface area (Å²) in [5, 5.41) is 6.95. The van der Waals surface area contributed by atoms with E-state index in [1.54, 1.807) is 25.3 Å². The van der Waals surface area contributed by atoms with Gasteiger partial charge in [-0.15, -0.1) is 3.89 Å². The number of aromatic nitrogens is 2. The van der Waals surface area contributed by atoms with Gasteiger partial charge in [0.15, 0.2) is 5.82 Å². The van der Waals surface area contributed by atoms with E-state index in [-0.39, 0.29) is 18.9 Å². The summed E-state index contributed by atoms with van der Waals surface area (Å²) in [6.07, 6.45) is -0.00607. The number of nitrogens with one attached hydrogen (secondary N) is 1. The summed E-state index contributed by atoms with van der Waals surface area (Å²) < 4.78 is 39.4. The number of H-pyrrole nitrogens is 1. The molecule has 24 heavy (non-hydrogen) atoms. The summed E-state index contributed by atoms with van der Waals surface area (Å²) in [6.45, 7) is 0.134. The number of aromatic amines is 1. The zero-order valence-corrected chi connectivity index (χ0v) is 13.7. The van der Waals surface area contributed by atoms with Crippen molar-refractivity contribution in [2.24, 2.45) is 5.92 Å². The molecule has 0 spiro atoms. The Bertz CT molecular complexity index is 848. The molecule has 1 fully saturated rings. The Balaban J connectivity index is 1.76. The van der Waals surface area contributed by atoms with Crippen LogP contribution < -0.4 is 9.64 Å². The standard InChI is InChI=1S/C15H16FN3O4S/c1-23-12-4-2-11(3-5-12)13-7-14(18-17-13)19-8-10(6-15(19)20)9-24(16,21)22/h2-5,7,10H,6,8-9H2,1H3,(H,17,18). The lowest BCUT2D eigenvalue weighted by atomic mass is 10.1. The van der Waals surface area contributed by atoms with Gasteiger partial charge >= 0.3 is 10.2 Å². The quantitative estimate of drug-likeness (QED) is 0.827. The summed E-state index contributed by atoms with van der Waals surface area (Å²) >= 11 is 0. The van der Waals surface area contributed by atoms with Crippen molar-refractivity contribution in [2.75, 3.05) is 24.3 Å². The van der Waals surface area contributed by atoms with Crippen LogP contribution in [0.5, 0.6) is 5.75 Å². The Hall–Kier alpha value is -2.42. The smallest absolute Gasteiger partial charge is 0.302 e. The molecule has 1 N–H and O–H groups in total. The van der Waals surface area contributed by atoms with Crippen molar-refractivity contribution in [1.29, 1.82) is 0 Å². The number of amides is 1. The SMILES string of the molecule is COc1ccc(-c2cc(N3CC(CS(=O)(=O)F)CC3=O)n[nH]2)cc1. The van der Waals surface area contributed by atoms with Gasteiger partial charge in [-0.2, -0.15) is 13.5 Å². The molecule has 128 valence electrons. The molecule has 2 aromatic rings.